The molecule has 2 bridgehead atoms. The van der Waals surface area contributed by atoms with Crippen LogP contribution < -0.4 is 9.47 Å². The average molecular weight is 359 g/mol. The van der Waals surface area contributed by atoms with Crippen molar-refractivity contribution in [2.24, 2.45) is 0 Å². The molecule has 0 N–H and O–H groups in total. The van der Waals surface area contributed by atoms with Crippen molar-refractivity contribution in [1.82, 2.24) is 4.90 Å². The third-order valence-electron chi connectivity index (χ3n) is 4.72. The third-order valence-corrected chi connectivity index (χ3v) is 4.72. The van der Waals surface area contributed by atoms with E-state index in [2.05, 4.69) is 12.1 Å². The fourth-order valence-electron chi connectivity index (χ4n) is 3.65. The van der Waals surface area contributed by atoms with Crippen LogP contribution in [-0.4, -0.2) is 55.1 Å². The summed E-state index contributed by atoms with van der Waals surface area (Å²) >= 11 is 0. The van der Waals surface area contributed by atoms with Crippen molar-refractivity contribution in [3.8, 4) is 11.5 Å². The molecule has 6 heteroatoms. The first-order valence-electron chi connectivity index (χ1n) is 9.10. The van der Waals surface area contributed by atoms with E-state index in [-0.39, 0.29) is 18.2 Å². The number of amides is 1. The van der Waals surface area contributed by atoms with Crippen LogP contribution in [0.1, 0.15) is 32.8 Å². The molecule has 0 radical (unpaired) electrons. The summed E-state index contributed by atoms with van der Waals surface area (Å²) in [5, 5.41) is 0. The number of carbonyl (C=O) groups excluding carboxylic acids is 1. The minimum absolute atomic E-state index is 0.0169. The summed E-state index contributed by atoms with van der Waals surface area (Å²) in [6.45, 7) is 7.83. The first-order chi connectivity index (χ1) is 12.4. The van der Waals surface area contributed by atoms with Crippen LogP contribution in [0.5, 0.6) is 11.5 Å². The molecule has 1 amide bonds. The van der Waals surface area contributed by atoms with E-state index in [0.717, 1.165) is 23.5 Å². The van der Waals surface area contributed by atoms with Gasteiger partial charge >= 0.3 is 6.09 Å². The first-order valence-corrected chi connectivity index (χ1v) is 9.10. The van der Waals surface area contributed by atoms with Gasteiger partial charge in [0.15, 0.2) is 11.5 Å². The molecule has 6 nitrogen and oxygen atoms in total. The molecule has 2 unspecified atom stereocenters. The van der Waals surface area contributed by atoms with Gasteiger partial charge in [-0.05, 0) is 50.5 Å². The fraction of sp³-hybridized carbons (Fsp3) is 0.550. The maximum absolute atomic E-state index is 12.6. The SMILES string of the molecule is CC(C)(C)OC(=O)N1C2C=C(c3ccc4c(c3)OCCO4)CC1COC2. The number of fused-ring (bicyclic) bond motifs is 3. The minimum atomic E-state index is -0.508. The monoisotopic (exact) mass is 359 g/mol. The summed E-state index contributed by atoms with van der Waals surface area (Å²) in [4.78, 5) is 14.5. The molecule has 1 fully saturated rings. The molecule has 1 aromatic carbocycles. The maximum Gasteiger partial charge on any atom is 0.411 e. The quantitative estimate of drug-likeness (QED) is 0.770. The average Bonchev–Trinajstić information content (AvgIpc) is 2.58. The molecule has 3 heterocycles. The number of benzene rings is 1. The maximum atomic E-state index is 12.6. The van der Waals surface area contributed by atoms with Crippen LogP contribution in [0.25, 0.3) is 5.57 Å². The van der Waals surface area contributed by atoms with E-state index in [1.807, 2.05) is 37.8 Å². The number of carbonyl (C=O) groups is 1. The van der Waals surface area contributed by atoms with Crippen molar-refractivity contribution in [2.75, 3.05) is 26.4 Å². The standard InChI is InChI=1S/C20H25NO5/c1-20(2,3)26-19(22)21-15-8-14(9-16(21)12-23-11-15)13-4-5-17-18(10-13)25-7-6-24-17/h4-5,8,10,15-16H,6-7,9,11-12H2,1-3H3. The van der Waals surface area contributed by atoms with E-state index in [1.54, 1.807) is 0 Å². The second-order valence-corrected chi connectivity index (χ2v) is 7.90. The molecule has 1 aromatic rings. The summed E-state index contributed by atoms with van der Waals surface area (Å²) in [5.74, 6) is 1.57. The number of rotatable bonds is 1. The number of hydrogen-bond acceptors (Lipinski definition) is 5. The van der Waals surface area contributed by atoms with Crippen molar-refractivity contribution in [3.63, 3.8) is 0 Å². The second-order valence-electron chi connectivity index (χ2n) is 7.90. The molecule has 0 spiro atoms. The Bertz CT molecular complexity index is 736. The zero-order valence-corrected chi connectivity index (χ0v) is 15.5. The molecule has 140 valence electrons. The van der Waals surface area contributed by atoms with Gasteiger partial charge in [-0.3, -0.25) is 4.90 Å². The Labute approximate surface area is 153 Å². The molecule has 3 aliphatic rings. The van der Waals surface area contributed by atoms with Crippen molar-refractivity contribution in [1.29, 1.82) is 0 Å². The zero-order valence-electron chi connectivity index (χ0n) is 15.5. The van der Waals surface area contributed by atoms with Crippen LogP contribution >= 0.6 is 0 Å². The van der Waals surface area contributed by atoms with Gasteiger partial charge in [-0.25, -0.2) is 4.79 Å². The van der Waals surface area contributed by atoms with Gasteiger partial charge in [0.1, 0.15) is 18.8 Å². The largest absolute Gasteiger partial charge is 0.486 e. The number of hydrogen-bond donors (Lipinski definition) is 0. The lowest BCUT2D eigenvalue weighted by molar-refractivity contribution is -0.0510. The molecular weight excluding hydrogens is 334 g/mol. The van der Waals surface area contributed by atoms with Crippen LogP contribution in [0.2, 0.25) is 0 Å². The summed E-state index contributed by atoms with van der Waals surface area (Å²) in [7, 11) is 0. The van der Waals surface area contributed by atoms with Crippen LogP contribution in [0.4, 0.5) is 4.79 Å². The number of nitrogens with zero attached hydrogens (tertiary/aromatic N) is 1. The predicted octanol–water partition coefficient (Wildman–Crippen LogP) is 3.25. The number of morpholine rings is 1. The van der Waals surface area contributed by atoms with Gasteiger partial charge in [-0.1, -0.05) is 12.1 Å². The molecule has 0 aliphatic carbocycles. The highest BCUT2D eigenvalue weighted by Crippen LogP contribution is 2.38. The molecule has 1 saturated heterocycles. The third kappa shape index (κ3) is 3.38. The summed E-state index contributed by atoms with van der Waals surface area (Å²) in [6.07, 6.45) is 2.58. The van der Waals surface area contributed by atoms with Gasteiger partial charge in [0.2, 0.25) is 0 Å². The second kappa shape index (κ2) is 6.50. The van der Waals surface area contributed by atoms with Gasteiger partial charge < -0.3 is 18.9 Å². The highest BCUT2D eigenvalue weighted by atomic mass is 16.6. The Morgan fingerprint density at radius 1 is 1.15 bits per heavy atom. The zero-order chi connectivity index (χ0) is 18.3. The molecule has 2 atom stereocenters. The van der Waals surface area contributed by atoms with Crippen molar-refractivity contribution < 1.29 is 23.7 Å². The Morgan fingerprint density at radius 2 is 1.92 bits per heavy atom. The van der Waals surface area contributed by atoms with Crippen LogP contribution in [0, 0.1) is 0 Å². The Morgan fingerprint density at radius 3 is 2.65 bits per heavy atom. The van der Waals surface area contributed by atoms with Crippen LogP contribution in [-0.2, 0) is 9.47 Å². The lowest BCUT2D eigenvalue weighted by Crippen LogP contribution is -2.57. The number of ether oxygens (including phenoxy) is 4. The van der Waals surface area contributed by atoms with E-state index in [4.69, 9.17) is 18.9 Å². The van der Waals surface area contributed by atoms with E-state index >= 15 is 0 Å². The summed E-state index contributed by atoms with van der Waals surface area (Å²) in [5.41, 5.74) is 1.81. The van der Waals surface area contributed by atoms with Gasteiger partial charge in [-0.2, -0.15) is 0 Å². The van der Waals surface area contributed by atoms with Gasteiger partial charge in [0.05, 0.1) is 25.3 Å². The fourth-order valence-corrected chi connectivity index (χ4v) is 3.65. The van der Waals surface area contributed by atoms with Gasteiger partial charge in [-0.15, -0.1) is 0 Å². The van der Waals surface area contributed by atoms with E-state index in [0.29, 0.717) is 26.4 Å². The lowest BCUT2D eigenvalue weighted by atomic mass is 9.90. The highest BCUT2D eigenvalue weighted by molar-refractivity contribution is 5.75. The van der Waals surface area contributed by atoms with Crippen LogP contribution in [0.3, 0.4) is 0 Å². The molecule has 0 saturated carbocycles. The van der Waals surface area contributed by atoms with E-state index in [1.165, 1.54) is 5.57 Å². The summed E-state index contributed by atoms with van der Waals surface area (Å²) < 4.78 is 22.6. The first kappa shape index (κ1) is 17.2. The van der Waals surface area contributed by atoms with Gasteiger partial charge in [0, 0.05) is 0 Å². The minimum Gasteiger partial charge on any atom is -0.486 e. The molecule has 26 heavy (non-hydrogen) atoms. The molecule has 4 rings (SSSR count). The normalized spacial score (nSPS) is 24.7. The van der Waals surface area contributed by atoms with Crippen molar-refractivity contribution in [3.05, 3.63) is 29.8 Å². The topological polar surface area (TPSA) is 57.2 Å². The molecular formula is C20H25NO5. The molecule has 0 aromatic heterocycles. The smallest absolute Gasteiger partial charge is 0.411 e. The predicted molar refractivity (Wildman–Crippen MR) is 96.5 cm³/mol. The van der Waals surface area contributed by atoms with Crippen molar-refractivity contribution >= 4 is 11.7 Å². The highest BCUT2D eigenvalue weighted by Gasteiger charge is 2.40. The van der Waals surface area contributed by atoms with Gasteiger partial charge in [0.25, 0.3) is 0 Å². The van der Waals surface area contributed by atoms with Crippen LogP contribution in [0.15, 0.2) is 24.3 Å². The Hall–Kier alpha value is -2.21. The summed E-state index contributed by atoms with van der Waals surface area (Å²) in [6, 6.07) is 5.91. The Kier molecular flexibility index (Phi) is 4.31. The van der Waals surface area contributed by atoms with E-state index in [9.17, 15) is 4.79 Å². The Balaban J connectivity index is 1.59. The molecule has 3 aliphatic heterocycles. The van der Waals surface area contributed by atoms with Crippen molar-refractivity contribution in [2.45, 2.75) is 44.9 Å². The lowest BCUT2D eigenvalue weighted by Gasteiger charge is -2.44. The van der Waals surface area contributed by atoms with E-state index < -0.39 is 5.60 Å².